The molecule has 9 nitrogen and oxygen atoms in total. The van der Waals surface area contributed by atoms with Crippen molar-refractivity contribution in [3.05, 3.63) is 62.6 Å². The van der Waals surface area contributed by atoms with Crippen LogP contribution in [-0.4, -0.2) is 35.1 Å². The van der Waals surface area contributed by atoms with Crippen LogP contribution >= 0.6 is 0 Å². The van der Waals surface area contributed by atoms with E-state index in [0.29, 0.717) is 11.5 Å². The van der Waals surface area contributed by atoms with Crippen molar-refractivity contribution in [2.24, 2.45) is 0 Å². The predicted molar refractivity (Wildman–Crippen MR) is 82.4 cm³/mol. The van der Waals surface area contributed by atoms with Crippen molar-refractivity contribution in [1.29, 1.82) is 0 Å². The lowest BCUT2D eigenvalue weighted by molar-refractivity contribution is -0.385. The molecule has 24 heavy (non-hydrogen) atoms. The van der Waals surface area contributed by atoms with Crippen molar-refractivity contribution in [3.8, 4) is 11.5 Å². The maximum atomic E-state index is 12.1. The zero-order valence-electron chi connectivity index (χ0n) is 12.4. The number of hydrogen-bond donors (Lipinski definition) is 2. The zero-order chi connectivity index (χ0) is 17.1. The van der Waals surface area contributed by atoms with Crippen LogP contribution in [-0.2, 0) is 0 Å². The molecule has 3 rings (SSSR count). The van der Waals surface area contributed by atoms with E-state index in [1.54, 1.807) is 18.2 Å². The Morgan fingerprint density at radius 2 is 2.12 bits per heavy atom. The van der Waals surface area contributed by atoms with Gasteiger partial charge in [0.15, 0.2) is 11.5 Å². The van der Waals surface area contributed by atoms with E-state index in [0.717, 1.165) is 12.3 Å². The number of carbonyl (C=O) groups is 1. The van der Waals surface area contributed by atoms with Gasteiger partial charge in [-0.05, 0) is 12.1 Å². The van der Waals surface area contributed by atoms with Crippen molar-refractivity contribution < 1.29 is 19.2 Å². The molecule has 1 aromatic carbocycles. The number of pyridine rings is 1. The van der Waals surface area contributed by atoms with Crippen LogP contribution in [0, 0.1) is 10.1 Å². The van der Waals surface area contributed by atoms with E-state index in [9.17, 15) is 19.7 Å². The standard InChI is InChI=1S/C15H13N3O6/c19-14-11(5-9(6-16-14)18(21)22)15(20)17-7-10-8-23-12-3-1-2-4-13(12)24-10/h1-6,10H,7-8H2,(H,16,19)(H,17,20). The number of nitro groups is 1. The Kier molecular flexibility index (Phi) is 4.15. The number of ether oxygens (including phenoxy) is 2. The fourth-order valence-electron chi connectivity index (χ4n) is 2.21. The quantitative estimate of drug-likeness (QED) is 0.632. The van der Waals surface area contributed by atoms with Crippen molar-refractivity contribution in [1.82, 2.24) is 10.3 Å². The summed E-state index contributed by atoms with van der Waals surface area (Å²) in [6.45, 7) is 0.331. The maximum absolute atomic E-state index is 12.1. The molecule has 0 saturated carbocycles. The van der Waals surface area contributed by atoms with Gasteiger partial charge in [0.1, 0.15) is 18.3 Å². The zero-order valence-corrected chi connectivity index (χ0v) is 12.4. The van der Waals surface area contributed by atoms with Gasteiger partial charge in [-0.2, -0.15) is 0 Å². The lowest BCUT2D eigenvalue weighted by atomic mass is 10.2. The van der Waals surface area contributed by atoms with Gasteiger partial charge < -0.3 is 19.8 Å². The third-order valence-electron chi connectivity index (χ3n) is 3.40. The SMILES string of the molecule is O=C(NCC1COc2ccccc2O1)c1cc([N+](=O)[O-])c[nH]c1=O. The third-order valence-corrected chi connectivity index (χ3v) is 3.40. The summed E-state index contributed by atoms with van der Waals surface area (Å²) in [7, 11) is 0. The highest BCUT2D eigenvalue weighted by atomic mass is 16.6. The largest absolute Gasteiger partial charge is 0.486 e. The third kappa shape index (κ3) is 3.19. The number of aromatic nitrogens is 1. The number of amides is 1. The Bertz CT molecular complexity index is 847. The number of hydrogen-bond acceptors (Lipinski definition) is 6. The highest BCUT2D eigenvalue weighted by Gasteiger charge is 2.22. The van der Waals surface area contributed by atoms with E-state index in [4.69, 9.17) is 9.47 Å². The van der Waals surface area contributed by atoms with E-state index < -0.39 is 22.5 Å². The molecule has 0 spiro atoms. The van der Waals surface area contributed by atoms with Gasteiger partial charge in [-0.25, -0.2) is 0 Å². The van der Waals surface area contributed by atoms with Crippen molar-refractivity contribution in [3.63, 3.8) is 0 Å². The van der Waals surface area contributed by atoms with E-state index in [2.05, 4.69) is 10.3 Å². The molecule has 9 heteroatoms. The first-order valence-electron chi connectivity index (χ1n) is 7.08. The number of benzene rings is 1. The molecule has 0 bridgehead atoms. The van der Waals surface area contributed by atoms with Gasteiger partial charge >= 0.3 is 0 Å². The van der Waals surface area contributed by atoms with Crippen LogP contribution < -0.4 is 20.3 Å². The molecule has 0 fully saturated rings. The summed E-state index contributed by atoms with van der Waals surface area (Å²) in [6.07, 6.45) is 0.510. The van der Waals surface area contributed by atoms with Gasteiger partial charge in [-0.1, -0.05) is 12.1 Å². The summed E-state index contributed by atoms with van der Waals surface area (Å²) in [4.78, 5) is 35.9. The maximum Gasteiger partial charge on any atom is 0.286 e. The molecule has 2 N–H and O–H groups in total. The number of fused-ring (bicyclic) bond motifs is 1. The second-order valence-electron chi connectivity index (χ2n) is 5.07. The Morgan fingerprint density at radius 3 is 2.88 bits per heavy atom. The second kappa shape index (κ2) is 6.41. The summed E-state index contributed by atoms with van der Waals surface area (Å²) < 4.78 is 11.2. The van der Waals surface area contributed by atoms with Gasteiger partial charge in [0.25, 0.3) is 17.2 Å². The van der Waals surface area contributed by atoms with Crippen molar-refractivity contribution in [2.75, 3.05) is 13.2 Å². The molecule has 2 aromatic rings. The average molecular weight is 331 g/mol. The molecule has 1 atom stereocenters. The van der Waals surface area contributed by atoms with E-state index in [1.807, 2.05) is 6.07 Å². The highest BCUT2D eigenvalue weighted by molar-refractivity contribution is 5.94. The van der Waals surface area contributed by atoms with Crippen LogP contribution in [0.5, 0.6) is 11.5 Å². The van der Waals surface area contributed by atoms with Gasteiger partial charge in [0.2, 0.25) is 0 Å². The topological polar surface area (TPSA) is 124 Å². The van der Waals surface area contributed by atoms with Gasteiger partial charge in [-0.15, -0.1) is 0 Å². The molecule has 0 radical (unpaired) electrons. The number of nitrogens with zero attached hydrogens (tertiary/aromatic N) is 1. The fourth-order valence-corrected chi connectivity index (χ4v) is 2.21. The molecule has 1 aliphatic rings. The summed E-state index contributed by atoms with van der Waals surface area (Å²) in [5, 5.41) is 13.2. The Labute approximate surface area is 135 Å². The molecule has 0 saturated heterocycles. The minimum Gasteiger partial charge on any atom is -0.486 e. The van der Waals surface area contributed by atoms with Crippen molar-refractivity contribution in [2.45, 2.75) is 6.10 Å². The first kappa shape index (κ1) is 15.5. The first-order valence-corrected chi connectivity index (χ1v) is 7.08. The van der Waals surface area contributed by atoms with E-state index in [1.165, 1.54) is 0 Å². The normalized spacial score (nSPS) is 15.6. The molecule has 1 amide bonds. The number of H-pyrrole nitrogens is 1. The predicted octanol–water partition coefficient (Wildman–Crippen LogP) is 0.853. The molecular weight excluding hydrogens is 318 g/mol. The lowest BCUT2D eigenvalue weighted by Crippen LogP contribution is -2.41. The van der Waals surface area contributed by atoms with E-state index >= 15 is 0 Å². The molecule has 1 aromatic heterocycles. The van der Waals surface area contributed by atoms with Crippen molar-refractivity contribution >= 4 is 11.6 Å². The van der Waals surface area contributed by atoms with Crippen LogP contribution in [0.25, 0.3) is 0 Å². The lowest BCUT2D eigenvalue weighted by Gasteiger charge is -2.26. The number of aromatic amines is 1. The summed E-state index contributed by atoms with van der Waals surface area (Å²) in [5.74, 6) is 0.466. The second-order valence-corrected chi connectivity index (χ2v) is 5.07. The Hall–Kier alpha value is -3.36. The van der Waals surface area contributed by atoms with Crippen LogP contribution in [0.4, 0.5) is 5.69 Å². The van der Waals surface area contributed by atoms with Gasteiger partial charge in [0.05, 0.1) is 17.7 Å². The van der Waals surface area contributed by atoms with Crippen LogP contribution in [0.3, 0.4) is 0 Å². The molecule has 2 heterocycles. The minimum atomic E-state index is -0.720. The first-order chi connectivity index (χ1) is 11.5. The average Bonchev–Trinajstić information content (AvgIpc) is 2.59. The molecule has 124 valence electrons. The van der Waals surface area contributed by atoms with Crippen LogP contribution in [0.2, 0.25) is 0 Å². The monoisotopic (exact) mass is 331 g/mol. The van der Waals surface area contributed by atoms with Crippen LogP contribution in [0.15, 0.2) is 41.3 Å². The Morgan fingerprint density at radius 1 is 1.38 bits per heavy atom. The van der Waals surface area contributed by atoms with Gasteiger partial charge in [0, 0.05) is 6.07 Å². The number of rotatable bonds is 4. The Balaban J connectivity index is 1.65. The molecule has 1 aliphatic heterocycles. The van der Waals surface area contributed by atoms with Crippen LogP contribution in [0.1, 0.15) is 10.4 Å². The smallest absolute Gasteiger partial charge is 0.286 e. The summed E-state index contributed by atoms with van der Waals surface area (Å²) >= 11 is 0. The molecule has 1 unspecified atom stereocenters. The summed E-state index contributed by atoms with van der Waals surface area (Å²) in [6, 6.07) is 8.06. The number of nitrogens with one attached hydrogen (secondary N) is 2. The molecule has 0 aliphatic carbocycles. The highest BCUT2D eigenvalue weighted by Crippen LogP contribution is 2.30. The number of para-hydroxylation sites is 2. The summed E-state index contributed by atoms with van der Waals surface area (Å²) in [5.41, 5.74) is -1.41. The fraction of sp³-hybridized carbons (Fsp3) is 0.200. The molecular formula is C15H13N3O6. The minimum absolute atomic E-state index is 0.0926. The van der Waals surface area contributed by atoms with Gasteiger partial charge in [-0.3, -0.25) is 19.7 Å². The van der Waals surface area contributed by atoms with E-state index in [-0.39, 0.29) is 24.4 Å². The number of carbonyl (C=O) groups excluding carboxylic acids is 1.